The average Bonchev–Trinajstić information content (AvgIpc) is 2.85. The standard InChI is InChI=1S/C28H44N6.5ClH/c1-28(2)26(22-12-14-23(30-3)15-13-22)24-10-4-5-11-25(24)34-27(28)33-21-9-20-32-18-7-6-17-31-19-8-16-29;;;;;/h4-5,10-15,26,30-32H,6-9,16-21,29H2,1-3H3,(H,33,34);5*1H. The molecule has 0 aliphatic carbocycles. The molecule has 0 spiro atoms. The van der Waals surface area contributed by atoms with E-state index in [-0.39, 0.29) is 73.4 Å². The second kappa shape index (κ2) is 22.7. The number of hydrogen-bond acceptors (Lipinski definition) is 5. The molecule has 6 N–H and O–H groups in total. The maximum absolute atomic E-state index is 5.51. The number of aliphatic imine (C=N–C) groups is 1. The number of rotatable bonds is 14. The van der Waals surface area contributed by atoms with Crippen molar-refractivity contribution in [1.29, 1.82) is 0 Å². The van der Waals surface area contributed by atoms with Gasteiger partial charge in [-0.05, 0) is 87.7 Å². The zero-order chi connectivity index (χ0) is 24.2. The van der Waals surface area contributed by atoms with E-state index >= 15 is 0 Å². The van der Waals surface area contributed by atoms with Gasteiger partial charge in [-0.15, -0.1) is 62.0 Å². The highest BCUT2D eigenvalue weighted by molar-refractivity contribution is 6.03. The maximum Gasteiger partial charge on any atom is 0.107 e. The molecule has 0 saturated carbocycles. The summed E-state index contributed by atoms with van der Waals surface area (Å²) in [4.78, 5) is 5.05. The molecule has 39 heavy (non-hydrogen) atoms. The van der Waals surface area contributed by atoms with Crippen LogP contribution in [0.3, 0.4) is 0 Å². The van der Waals surface area contributed by atoms with E-state index in [1.165, 1.54) is 29.7 Å². The molecular weight excluding hydrogens is 598 g/mol. The van der Waals surface area contributed by atoms with E-state index < -0.39 is 0 Å². The summed E-state index contributed by atoms with van der Waals surface area (Å²) in [5, 5.41) is 13.9. The lowest BCUT2D eigenvalue weighted by molar-refractivity contribution is 0.445. The molecule has 6 nitrogen and oxygen atoms in total. The number of unbranched alkanes of at least 4 members (excludes halogenated alkanes) is 1. The Morgan fingerprint density at radius 1 is 0.795 bits per heavy atom. The van der Waals surface area contributed by atoms with Gasteiger partial charge < -0.3 is 27.0 Å². The summed E-state index contributed by atoms with van der Waals surface area (Å²) in [7, 11) is 1.96. The lowest BCUT2D eigenvalue weighted by atomic mass is 9.68. The molecule has 0 fully saturated rings. The Morgan fingerprint density at radius 3 is 1.95 bits per heavy atom. The summed E-state index contributed by atoms with van der Waals surface area (Å²) in [5.41, 5.74) is 10.3. The summed E-state index contributed by atoms with van der Waals surface area (Å²) in [6.45, 7) is 10.4. The highest BCUT2D eigenvalue weighted by Gasteiger charge is 2.41. The van der Waals surface area contributed by atoms with Crippen molar-refractivity contribution in [2.45, 2.75) is 45.4 Å². The van der Waals surface area contributed by atoms with Gasteiger partial charge in [0.2, 0.25) is 0 Å². The minimum atomic E-state index is -0.125. The van der Waals surface area contributed by atoms with E-state index in [1.54, 1.807) is 0 Å². The zero-order valence-corrected chi connectivity index (χ0v) is 27.4. The fourth-order valence-corrected chi connectivity index (χ4v) is 4.73. The van der Waals surface area contributed by atoms with Gasteiger partial charge in [-0.2, -0.15) is 0 Å². The fraction of sp³-hybridized carbons (Fsp3) is 0.536. The number of nitrogens with one attached hydrogen (secondary N) is 4. The maximum atomic E-state index is 5.51. The number of halogens is 5. The fourth-order valence-electron chi connectivity index (χ4n) is 4.73. The number of para-hydroxylation sites is 1. The number of amidine groups is 1. The number of nitrogens with zero attached hydrogens (tertiary/aromatic N) is 1. The first-order valence-corrected chi connectivity index (χ1v) is 12.9. The number of hydrogen-bond donors (Lipinski definition) is 5. The first-order chi connectivity index (χ1) is 16.6. The second-order valence-corrected chi connectivity index (χ2v) is 9.67. The van der Waals surface area contributed by atoms with Gasteiger partial charge >= 0.3 is 0 Å². The van der Waals surface area contributed by atoms with Gasteiger partial charge in [0.25, 0.3) is 0 Å². The van der Waals surface area contributed by atoms with Gasteiger partial charge in [0.1, 0.15) is 5.84 Å². The Kier molecular flexibility index (Phi) is 24.7. The predicted molar refractivity (Wildman–Crippen MR) is 183 cm³/mol. The summed E-state index contributed by atoms with van der Waals surface area (Å²) >= 11 is 0. The Labute approximate surface area is 267 Å². The first kappa shape index (κ1) is 42.5. The molecule has 1 aliphatic rings. The summed E-state index contributed by atoms with van der Waals surface area (Å²) in [6, 6.07) is 17.5. The van der Waals surface area contributed by atoms with Gasteiger partial charge in [-0.25, -0.2) is 0 Å². The van der Waals surface area contributed by atoms with Gasteiger partial charge in [-0.1, -0.05) is 44.2 Å². The summed E-state index contributed by atoms with van der Waals surface area (Å²) < 4.78 is 0. The van der Waals surface area contributed by atoms with Crippen molar-refractivity contribution in [3.8, 4) is 0 Å². The third-order valence-corrected chi connectivity index (χ3v) is 6.69. The van der Waals surface area contributed by atoms with Gasteiger partial charge in [0.05, 0.1) is 0 Å². The van der Waals surface area contributed by atoms with Crippen LogP contribution in [0, 0.1) is 5.41 Å². The van der Waals surface area contributed by atoms with Crippen LogP contribution in [0.1, 0.15) is 56.6 Å². The van der Waals surface area contributed by atoms with Crippen LogP contribution < -0.4 is 27.0 Å². The van der Waals surface area contributed by atoms with Crippen molar-refractivity contribution in [2.24, 2.45) is 16.1 Å². The van der Waals surface area contributed by atoms with E-state index in [1.807, 2.05) is 7.05 Å². The zero-order valence-electron chi connectivity index (χ0n) is 23.3. The van der Waals surface area contributed by atoms with E-state index in [4.69, 9.17) is 10.7 Å². The van der Waals surface area contributed by atoms with Crippen LogP contribution in [0.4, 0.5) is 11.4 Å². The van der Waals surface area contributed by atoms with Crippen molar-refractivity contribution in [2.75, 3.05) is 56.9 Å². The van der Waals surface area contributed by atoms with Gasteiger partial charge in [0, 0.05) is 36.3 Å². The Balaban J connectivity index is -0.00000259. The minimum absolute atomic E-state index is 0. The topological polar surface area (TPSA) is 86.5 Å². The predicted octanol–water partition coefficient (Wildman–Crippen LogP) is 6.52. The number of fused-ring (bicyclic) bond motifs is 1. The molecule has 11 heteroatoms. The van der Waals surface area contributed by atoms with Crippen LogP contribution in [-0.4, -0.2) is 52.2 Å². The number of nitrogens with two attached hydrogens (primary N) is 1. The van der Waals surface area contributed by atoms with Crippen LogP contribution in [0.2, 0.25) is 0 Å². The minimum Gasteiger partial charge on any atom is -0.388 e. The van der Waals surface area contributed by atoms with Crippen molar-refractivity contribution >= 4 is 79.2 Å². The molecule has 3 rings (SSSR count). The molecule has 2 aromatic rings. The molecular formula is C28H49Cl5N6. The Morgan fingerprint density at radius 2 is 1.36 bits per heavy atom. The van der Waals surface area contributed by atoms with E-state index in [0.29, 0.717) is 0 Å². The van der Waals surface area contributed by atoms with Crippen molar-refractivity contribution < 1.29 is 0 Å². The Bertz CT molecular complexity index is 912. The molecule has 2 aromatic carbocycles. The number of anilines is 2. The highest BCUT2D eigenvalue weighted by atomic mass is 35.5. The molecule has 0 saturated heterocycles. The molecule has 1 aliphatic heterocycles. The van der Waals surface area contributed by atoms with Crippen LogP contribution >= 0.6 is 62.0 Å². The molecule has 1 unspecified atom stereocenters. The third kappa shape index (κ3) is 12.6. The SMILES string of the molecule is CNc1ccc(C2c3ccccc3NC(=NCCCNCCCCNCCCN)C2(C)C)cc1.Cl.Cl.Cl.Cl.Cl. The molecule has 0 radical (unpaired) electrons. The lowest BCUT2D eigenvalue weighted by Crippen LogP contribution is -2.41. The third-order valence-electron chi connectivity index (χ3n) is 6.69. The van der Waals surface area contributed by atoms with Gasteiger partial charge in [-0.3, -0.25) is 4.99 Å². The van der Waals surface area contributed by atoms with Crippen LogP contribution in [0.15, 0.2) is 53.5 Å². The van der Waals surface area contributed by atoms with Crippen LogP contribution in [0.5, 0.6) is 0 Å². The smallest absolute Gasteiger partial charge is 0.107 e. The summed E-state index contributed by atoms with van der Waals surface area (Å²) in [5.74, 6) is 1.34. The Hall–Kier alpha value is -0.960. The monoisotopic (exact) mass is 644 g/mol. The van der Waals surface area contributed by atoms with E-state index in [0.717, 1.165) is 63.6 Å². The second-order valence-electron chi connectivity index (χ2n) is 9.67. The average molecular weight is 647 g/mol. The quantitative estimate of drug-likeness (QED) is 0.151. The van der Waals surface area contributed by atoms with Crippen LogP contribution in [-0.2, 0) is 0 Å². The molecule has 1 atom stereocenters. The first-order valence-electron chi connectivity index (χ1n) is 12.9. The molecule has 0 aromatic heterocycles. The van der Waals surface area contributed by atoms with Gasteiger partial charge in [0.15, 0.2) is 0 Å². The molecule has 0 bridgehead atoms. The van der Waals surface area contributed by atoms with Crippen molar-refractivity contribution in [3.63, 3.8) is 0 Å². The van der Waals surface area contributed by atoms with Crippen molar-refractivity contribution in [3.05, 3.63) is 59.7 Å². The van der Waals surface area contributed by atoms with Crippen molar-refractivity contribution in [1.82, 2.24) is 10.6 Å². The summed E-state index contributed by atoms with van der Waals surface area (Å²) in [6.07, 6.45) is 4.50. The molecule has 226 valence electrons. The lowest BCUT2D eigenvalue weighted by Gasteiger charge is -2.42. The number of benzene rings is 2. The largest absolute Gasteiger partial charge is 0.388 e. The molecule has 0 amide bonds. The highest BCUT2D eigenvalue weighted by Crippen LogP contribution is 2.48. The normalized spacial score (nSPS) is 15.6. The van der Waals surface area contributed by atoms with E-state index in [2.05, 4.69) is 83.6 Å². The van der Waals surface area contributed by atoms with E-state index in [9.17, 15) is 0 Å². The molecule has 1 heterocycles. The van der Waals surface area contributed by atoms with Crippen LogP contribution in [0.25, 0.3) is 0 Å².